The molecule has 5 nitrogen and oxygen atoms in total. The summed E-state index contributed by atoms with van der Waals surface area (Å²) in [6.07, 6.45) is 3.36. The van der Waals surface area contributed by atoms with Gasteiger partial charge in [0.05, 0.1) is 0 Å². The molecule has 1 aromatic heterocycles. The standard InChI is InChI=1S/C12H21BrN4O/c1-3-6-14-11-10(13)12(16-9-15-11)17(4-2)7-5-8-18/h9,18H,3-8H2,1-2H3,(H,14,15,16). The number of hydrogen-bond donors (Lipinski definition) is 2. The van der Waals surface area contributed by atoms with Gasteiger partial charge in [-0.2, -0.15) is 0 Å². The summed E-state index contributed by atoms with van der Waals surface area (Å²) in [5.74, 6) is 1.70. The van der Waals surface area contributed by atoms with Crippen molar-refractivity contribution in [3.05, 3.63) is 10.8 Å². The first-order valence-corrected chi connectivity index (χ1v) is 7.14. The van der Waals surface area contributed by atoms with E-state index in [1.165, 1.54) is 0 Å². The van der Waals surface area contributed by atoms with Gasteiger partial charge in [-0.05, 0) is 35.7 Å². The van der Waals surface area contributed by atoms with Gasteiger partial charge in [-0.25, -0.2) is 9.97 Å². The van der Waals surface area contributed by atoms with Gasteiger partial charge in [0.1, 0.15) is 22.4 Å². The molecule has 2 N–H and O–H groups in total. The predicted octanol–water partition coefficient (Wildman–Crippen LogP) is 2.27. The lowest BCUT2D eigenvalue weighted by Crippen LogP contribution is -2.26. The second-order valence-corrected chi connectivity index (χ2v) is 4.74. The topological polar surface area (TPSA) is 61.3 Å². The van der Waals surface area contributed by atoms with Gasteiger partial charge in [0, 0.05) is 26.2 Å². The number of halogens is 1. The van der Waals surface area contributed by atoms with Gasteiger partial charge in [0.25, 0.3) is 0 Å². The minimum absolute atomic E-state index is 0.195. The molecule has 0 spiro atoms. The van der Waals surface area contributed by atoms with Crippen LogP contribution in [0.1, 0.15) is 26.7 Å². The number of nitrogens with one attached hydrogen (secondary N) is 1. The van der Waals surface area contributed by atoms with E-state index >= 15 is 0 Å². The minimum Gasteiger partial charge on any atom is -0.396 e. The van der Waals surface area contributed by atoms with Gasteiger partial charge in [-0.3, -0.25) is 0 Å². The third-order valence-electron chi connectivity index (χ3n) is 2.58. The summed E-state index contributed by atoms with van der Waals surface area (Å²) in [5.41, 5.74) is 0. The highest BCUT2D eigenvalue weighted by molar-refractivity contribution is 9.10. The van der Waals surface area contributed by atoms with Crippen molar-refractivity contribution < 1.29 is 5.11 Å². The zero-order chi connectivity index (χ0) is 13.4. The van der Waals surface area contributed by atoms with Crippen LogP contribution in [-0.2, 0) is 0 Å². The summed E-state index contributed by atoms with van der Waals surface area (Å²) in [6, 6.07) is 0. The molecular weight excluding hydrogens is 296 g/mol. The third-order valence-corrected chi connectivity index (χ3v) is 3.31. The summed E-state index contributed by atoms with van der Waals surface area (Å²) < 4.78 is 0.887. The average Bonchev–Trinajstić information content (AvgIpc) is 2.40. The summed E-state index contributed by atoms with van der Waals surface area (Å²) in [7, 11) is 0. The van der Waals surface area contributed by atoms with Crippen LogP contribution < -0.4 is 10.2 Å². The van der Waals surface area contributed by atoms with Crippen molar-refractivity contribution in [3.8, 4) is 0 Å². The van der Waals surface area contributed by atoms with Crippen molar-refractivity contribution in [2.45, 2.75) is 26.7 Å². The van der Waals surface area contributed by atoms with E-state index in [0.717, 1.165) is 48.6 Å². The Morgan fingerprint density at radius 1 is 1.39 bits per heavy atom. The van der Waals surface area contributed by atoms with Crippen LogP contribution in [0.4, 0.5) is 11.6 Å². The van der Waals surface area contributed by atoms with E-state index in [2.05, 4.69) is 50.0 Å². The Bertz CT molecular complexity index is 362. The van der Waals surface area contributed by atoms with Crippen molar-refractivity contribution in [3.63, 3.8) is 0 Å². The van der Waals surface area contributed by atoms with Gasteiger partial charge < -0.3 is 15.3 Å². The molecule has 18 heavy (non-hydrogen) atoms. The first-order chi connectivity index (χ1) is 8.74. The molecule has 6 heteroatoms. The quantitative estimate of drug-likeness (QED) is 0.770. The number of aliphatic hydroxyl groups excluding tert-OH is 1. The first kappa shape index (κ1) is 15.2. The molecule has 1 heterocycles. The molecule has 102 valence electrons. The van der Waals surface area contributed by atoms with Gasteiger partial charge in [0.15, 0.2) is 0 Å². The third kappa shape index (κ3) is 4.10. The second kappa shape index (κ2) is 8.26. The van der Waals surface area contributed by atoms with E-state index in [1.54, 1.807) is 6.33 Å². The van der Waals surface area contributed by atoms with Gasteiger partial charge >= 0.3 is 0 Å². The Labute approximate surface area is 117 Å². The largest absolute Gasteiger partial charge is 0.396 e. The molecule has 0 fully saturated rings. The Morgan fingerprint density at radius 2 is 2.17 bits per heavy atom. The zero-order valence-electron chi connectivity index (χ0n) is 11.0. The fourth-order valence-electron chi connectivity index (χ4n) is 1.62. The number of anilines is 2. The van der Waals surface area contributed by atoms with Crippen LogP contribution >= 0.6 is 15.9 Å². The molecule has 0 aliphatic carbocycles. The smallest absolute Gasteiger partial charge is 0.148 e. The first-order valence-electron chi connectivity index (χ1n) is 6.34. The average molecular weight is 317 g/mol. The van der Waals surface area contributed by atoms with Gasteiger partial charge in [-0.15, -0.1) is 0 Å². The SMILES string of the molecule is CCCNc1ncnc(N(CC)CCCO)c1Br. The molecule has 0 saturated carbocycles. The van der Waals surface area contributed by atoms with Crippen molar-refractivity contribution in [1.29, 1.82) is 0 Å². The molecule has 0 atom stereocenters. The molecule has 0 amide bonds. The molecule has 1 rings (SSSR count). The zero-order valence-corrected chi connectivity index (χ0v) is 12.6. The van der Waals surface area contributed by atoms with Crippen LogP contribution in [0.2, 0.25) is 0 Å². The van der Waals surface area contributed by atoms with Crippen molar-refractivity contribution >= 4 is 27.6 Å². The van der Waals surface area contributed by atoms with Crippen molar-refractivity contribution in [2.24, 2.45) is 0 Å². The second-order valence-electron chi connectivity index (χ2n) is 3.94. The summed E-state index contributed by atoms with van der Waals surface area (Å²) in [4.78, 5) is 10.7. The molecule has 0 radical (unpaired) electrons. The number of nitrogens with zero attached hydrogens (tertiary/aromatic N) is 3. The van der Waals surface area contributed by atoms with E-state index in [-0.39, 0.29) is 6.61 Å². The van der Waals surface area contributed by atoms with Crippen molar-refractivity contribution in [2.75, 3.05) is 36.5 Å². The van der Waals surface area contributed by atoms with Crippen LogP contribution in [0.5, 0.6) is 0 Å². The Morgan fingerprint density at radius 3 is 2.78 bits per heavy atom. The molecular formula is C12H21BrN4O. The monoisotopic (exact) mass is 316 g/mol. The molecule has 0 unspecified atom stereocenters. The molecule has 0 aromatic carbocycles. The van der Waals surface area contributed by atoms with E-state index in [4.69, 9.17) is 5.11 Å². The summed E-state index contributed by atoms with van der Waals surface area (Å²) in [6.45, 7) is 6.91. The Balaban J connectivity index is 2.86. The lowest BCUT2D eigenvalue weighted by molar-refractivity contribution is 0.289. The van der Waals surface area contributed by atoms with Crippen LogP contribution in [0.15, 0.2) is 10.8 Å². The Hall–Kier alpha value is -0.880. The maximum atomic E-state index is 8.91. The molecule has 1 aromatic rings. The predicted molar refractivity (Wildman–Crippen MR) is 78.1 cm³/mol. The number of hydrogen-bond acceptors (Lipinski definition) is 5. The highest BCUT2D eigenvalue weighted by atomic mass is 79.9. The lowest BCUT2D eigenvalue weighted by Gasteiger charge is -2.23. The van der Waals surface area contributed by atoms with Crippen molar-refractivity contribution in [1.82, 2.24) is 9.97 Å². The van der Waals surface area contributed by atoms with Crippen LogP contribution in [0, 0.1) is 0 Å². The van der Waals surface area contributed by atoms with Gasteiger partial charge in [-0.1, -0.05) is 6.92 Å². The fraction of sp³-hybridized carbons (Fsp3) is 0.667. The van der Waals surface area contributed by atoms with E-state index < -0.39 is 0 Å². The molecule has 0 aliphatic heterocycles. The van der Waals surface area contributed by atoms with E-state index in [0.29, 0.717) is 0 Å². The number of aliphatic hydroxyl groups is 1. The molecule has 0 bridgehead atoms. The highest BCUT2D eigenvalue weighted by Gasteiger charge is 2.13. The van der Waals surface area contributed by atoms with Gasteiger partial charge in [0.2, 0.25) is 0 Å². The minimum atomic E-state index is 0.195. The van der Waals surface area contributed by atoms with Crippen LogP contribution in [-0.4, -0.2) is 41.3 Å². The summed E-state index contributed by atoms with van der Waals surface area (Å²) in [5, 5.41) is 12.2. The normalized spacial score (nSPS) is 10.4. The van der Waals surface area contributed by atoms with E-state index in [1.807, 2.05) is 0 Å². The molecule has 0 saturated heterocycles. The lowest BCUT2D eigenvalue weighted by atomic mass is 10.3. The summed E-state index contributed by atoms with van der Waals surface area (Å²) >= 11 is 3.55. The Kier molecular flexibility index (Phi) is 6.97. The van der Waals surface area contributed by atoms with E-state index in [9.17, 15) is 0 Å². The maximum absolute atomic E-state index is 8.91. The maximum Gasteiger partial charge on any atom is 0.148 e. The van der Waals surface area contributed by atoms with Crippen LogP contribution in [0.3, 0.4) is 0 Å². The highest BCUT2D eigenvalue weighted by Crippen LogP contribution is 2.29. The number of rotatable bonds is 8. The van der Waals surface area contributed by atoms with Crippen LogP contribution in [0.25, 0.3) is 0 Å². The fourth-order valence-corrected chi connectivity index (χ4v) is 2.22. The molecule has 0 aliphatic rings. The number of aromatic nitrogens is 2.